The van der Waals surface area contributed by atoms with Crippen molar-refractivity contribution in [3.05, 3.63) is 24.8 Å². The molecule has 0 saturated heterocycles. The molecule has 5 heteroatoms. The molecule has 0 aliphatic carbocycles. The second-order valence-corrected chi connectivity index (χ2v) is 3.00. The zero-order valence-corrected chi connectivity index (χ0v) is 9.52. The summed E-state index contributed by atoms with van der Waals surface area (Å²) in [6, 6.07) is 0. The molecule has 0 saturated carbocycles. The molecule has 0 amide bonds. The van der Waals surface area contributed by atoms with Gasteiger partial charge < -0.3 is 14.2 Å². The number of ether oxygens (including phenoxy) is 3. The van der Waals surface area contributed by atoms with Crippen molar-refractivity contribution in [1.29, 1.82) is 0 Å². The zero-order valence-electron chi connectivity index (χ0n) is 9.52. The lowest BCUT2D eigenvalue weighted by molar-refractivity contribution is -0.172. The average molecular weight is 228 g/mol. The number of hydrogen-bond donors (Lipinski definition) is 0. The van der Waals surface area contributed by atoms with Crippen LogP contribution in [0.25, 0.3) is 0 Å². The highest BCUT2D eigenvalue weighted by Gasteiger charge is 2.07. The van der Waals surface area contributed by atoms with Crippen molar-refractivity contribution in [3.8, 4) is 0 Å². The van der Waals surface area contributed by atoms with Crippen LogP contribution in [-0.4, -0.2) is 31.4 Å². The van der Waals surface area contributed by atoms with Crippen molar-refractivity contribution in [3.63, 3.8) is 0 Å². The third-order valence-electron chi connectivity index (χ3n) is 1.47. The van der Waals surface area contributed by atoms with Crippen LogP contribution in [0.4, 0.5) is 0 Å². The van der Waals surface area contributed by atoms with Crippen LogP contribution in [0, 0.1) is 0 Å². The first-order valence-electron chi connectivity index (χ1n) is 4.74. The highest BCUT2D eigenvalue weighted by molar-refractivity contribution is 5.86. The van der Waals surface area contributed by atoms with Crippen LogP contribution < -0.4 is 0 Å². The van der Waals surface area contributed by atoms with Crippen molar-refractivity contribution < 1.29 is 23.8 Å². The number of carbonyl (C=O) groups is 2. The lowest BCUT2D eigenvalue weighted by atomic mass is 10.4. The average Bonchev–Trinajstić information content (AvgIpc) is 2.23. The molecule has 0 rings (SSSR count). The van der Waals surface area contributed by atoms with E-state index in [-0.39, 0.29) is 13.2 Å². The van der Waals surface area contributed by atoms with Gasteiger partial charge in [-0.1, -0.05) is 13.2 Å². The molecule has 0 aromatic carbocycles. The molecular formula is C11H16O5. The van der Waals surface area contributed by atoms with E-state index in [1.807, 2.05) is 0 Å². The minimum absolute atomic E-state index is 0.0850. The highest BCUT2D eigenvalue weighted by Crippen LogP contribution is 1.96. The Labute approximate surface area is 94.7 Å². The summed E-state index contributed by atoms with van der Waals surface area (Å²) in [7, 11) is 0. The molecule has 0 fully saturated rings. The van der Waals surface area contributed by atoms with Gasteiger partial charge in [0.25, 0.3) is 0 Å². The van der Waals surface area contributed by atoms with Gasteiger partial charge >= 0.3 is 11.9 Å². The minimum atomic E-state index is -0.700. The van der Waals surface area contributed by atoms with Crippen LogP contribution >= 0.6 is 0 Å². The number of carbonyl (C=O) groups excluding carboxylic acids is 2. The summed E-state index contributed by atoms with van der Waals surface area (Å²) in [4.78, 5) is 21.7. The zero-order chi connectivity index (χ0) is 12.6. The van der Waals surface area contributed by atoms with E-state index in [9.17, 15) is 9.59 Å². The first-order chi connectivity index (χ1) is 7.47. The van der Waals surface area contributed by atoms with Crippen molar-refractivity contribution >= 4 is 11.9 Å². The van der Waals surface area contributed by atoms with Crippen LogP contribution in [-0.2, 0) is 23.8 Å². The van der Waals surface area contributed by atoms with E-state index >= 15 is 0 Å². The maximum atomic E-state index is 10.9. The Hall–Kier alpha value is -1.62. The molecule has 1 atom stereocenters. The molecule has 0 bridgehead atoms. The molecule has 0 aromatic rings. The first kappa shape index (κ1) is 14.4. The molecule has 16 heavy (non-hydrogen) atoms. The van der Waals surface area contributed by atoms with Gasteiger partial charge in [0.2, 0.25) is 6.29 Å². The summed E-state index contributed by atoms with van der Waals surface area (Å²) >= 11 is 0. The van der Waals surface area contributed by atoms with Gasteiger partial charge in [-0.2, -0.15) is 0 Å². The molecule has 0 aliphatic heterocycles. The molecule has 0 radical (unpaired) electrons. The minimum Gasteiger partial charge on any atom is -0.460 e. The lowest BCUT2D eigenvalue weighted by Crippen LogP contribution is -2.20. The van der Waals surface area contributed by atoms with Gasteiger partial charge in [-0.3, -0.25) is 0 Å². The monoisotopic (exact) mass is 228 g/mol. The predicted octanol–water partition coefficient (Wildman–Crippen LogP) is 1.20. The standard InChI is InChI=1S/C11H16O5/c1-5-10(12)16-9(4)14-6-7-15-11(13)8(2)3/h5,9H,1-2,6-7H2,3-4H3. The van der Waals surface area contributed by atoms with E-state index in [2.05, 4.69) is 13.2 Å². The fraction of sp³-hybridized carbons (Fsp3) is 0.455. The van der Waals surface area contributed by atoms with E-state index in [4.69, 9.17) is 14.2 Å². The predicted molar refractivity (Wildman–Crippen MR) is 57.5 cm³/mol. The van der Waals surface area contributed by atoms with Crippen molar-refractivity contribution in [2.75, 3.05) is 13.2 Å². The summed E-state index contributed by atoms with van der Waals surface area (Å²) in [5.41, 5.74) is 0.325. The maximum Gasteiger partial charge on any atom is 0.333 e. The Morgan fingerprint density at radius 3 is 2.50 bits per heavy atom. The molecule has 0 spiro atoms. The SMILES string of the molecule is C=CC(=O)OC(C)OCCOC(=O)C(=C)C. The van der Waals surface area contributed by atoms with Gasteiger partial charge in [0.1, 0.15) is 6.61 Å². The van der Waals surface area contributed by atoms with E-state index in [1.54, 1.807) is 13.8 Å². The Morgan fingerprint density at radius 2 is 2.00 bits per heavy atom. The van der Waals surface area contributed by atoms with Crippen LogP contribution in [0.1, 0.15) is 13.8 Å². The van der Waals surface area contributed by atoms with Gasteiger partial charge in [-0.05, 0) is 13.8 Å². The molecule has 1 unspecified atom stereocenters. The summed E-state index contributed by atoms with van der Waals surface area (Å²) in [6.45, 7) is 10.0. The third kappa shape index (κ3) is 6.78. The molecular weight excluding hydrogens is 212 g/mol. The highest BCUT2D eigenvalue weighted by atomic mass is 16.7. The van der Waals surface area contributed by atoms with Crippen LogP contribution in [0.2, 0.25) is 0 Å². The second kappa shape index (κ2) is 7.64. The summed E-state index contributed by atoms with van der Waals surface area (Å²) in [6.07, 6.45) is 0.343. The second-order valence-electron chi connectivity index (χ2n) is 3.00. The van der Waals surface area contributed by atoms with E-state index in [0.29, 0.717) is 5.57 Å². The van der Waals surface area contributed by atoms with Crippen molar-refractivity contribution in [2.45, 2.75) is 20.1 Å². The normalized spacial score (nSPS) is 11.4. The van der Waals surface area contributed by atoms with Gasteiger partial charge in [0, 0.05) is 11.6 Å². The quantitative estimate of drug-likeness (QED) is 0.283. The number of hydrogen-bond acceptors (Lipinski definition) is 5. The molecule has 90 valence electrons. The largest absolute Gasteiger partial charge is 0.460 e. The summed E-state index contributed by atoms with van der Waals surface area (Å²) in [5, 5.41) is 0. The van der Waals surface area contributed by atoms with Crippen molar-refractivity contribution in [2.24, 2.45) is 0 Å². The lowest BCUT2D eigenvalue weighted by Gasteiger charge is -2.12. The Morgan fingerprint density at radius 1 is 1.38 bits per heavy atom. The van der Waals surface area contributed by atoms with Crippen molar-refractivity contribution in [1.82, 2.24) is 0 Å². The van der Waals surface area contributed by atoms with E-state index in [1.165, 1.54) is 0 Å². The maximum absolute atomic E-state index is 10.9. The van der Waals surface area contributed by atoms with Crippen LogP contribution in [0.3, 0.4) is 0 Å². The molecule has 0 aliphatic rings. The fourth-order valence-electron chi connectivity index (χ4n) is 0.717. The van der Waals surface area contributed by atoms with E-state index in [0.717, 1.165) is 6.08 Å². The van der Waals surface area contributed by atoms with Crippen LogP contribution in [0.15, 0.2) is 24.8 Å². The van der Waals surface area contributed by atoms with Gasteiger partial charge in [0.15, 0.2) is 0 Å². The molecule has 0 aromatic heterocycles. The molecule has 5 nitrogen and oxygen atoms in total. The van der Waals surface area contributed by atoms with Gasteiger partial charge in [0.05, 0.1) is 6.61 Å². The molecule has 0 N–H and O–H groups in total. The summed E-state index contributed by atoms with van der Waals surface area (Å²) in [5.74, 6) is -1.04. The smallest absolute Gasteiger partial charge is 0.333 e. The molecule has 0 heterocycles. The van der Waals surface area contributed by atoms with Gasteiger partial charge in [-0.25, -0.2) is 9.59 Å². The Balaban J connectivity index is 3.59. The van der Waals surface area contributed by atoms with Crippen LogP contribution in [0.5, 0.6) is 0 Å². The first-order valence-corrected chi connectivity index (χ1v) is 4.74. The Kier molecular flexibility index (Phi) is 6.87. The topological polar surface area (TPSA) is 61.8 Å². The van der Waals surface area contributed by atoms with Gasteiger partial charge in [-0.15, -0.1) is 0 Å². The third-order valence-corrected chi connectivity index (χ3v) is 1.47. The fourth-order valence-corrected chi connectivity index (χ4v) is 0.717. The number of rotatable bonds is 7. The summed E-state index contributed by atoms with van der Waals surface area (Å²) < 4.78 is 14.5. The van der Waals surface area contributed by atoms with E-state index < -0.39 is 18.2 Å². The number of esters is 2. The Bertz CT molecular complexity index is 282.